The number of aromatic nitrogens is 2. The number of carbonyl (C=O) groups excluding carboxylic acids is 2. The maximum atomic E-state index is 13.2. The first kappa shape index (κ1) is 22.2. The Balaban J connectivity index is 1.50. The lowest BCUT2D eigenvalue weighted by Gasteiger charge is -2.21. The highest BCUT2D eigenvalue weighted by Crippen LogP contribution is 2.30. The van der Waals surface area contributed by atoms with Crippen molar-refractivity contribution in [2.24, 2.45) is 0 Å². The van der Waals surface area contributed by atoms with Crippen LogP contribution in [0.5, 0.6) is 0 Å². The molecular weight excluding hydrogens is 443 g/mol. The Morgan fingerprint density at radius 3 is 2.61 bits per heavy atom. The van der Waals surface area contributed by atoms with Gasteiger partial charge >= 0.3 is 5.97 Å². The highest BCUT2D eigenvalue weighted by molar-refractivity contribution is 7.20. The molecule has 0 spiro atoms. The van der Waals surface area contributed by atoms with E-state index in [1.165, 1.54) is 40.5 Å². The number of halogens is 1. The molecule has 0 saturated heterocycles. The van der Waals surface area contributed by atoms with Gasteiger partial charge in [0, 0.05) is 17.6 Å². The molecule has 0 radical (unpaired) electrons. The van der Waals surface area contributed by atoms with Crippen molar-refractivity contribution < 1.29 is 18.7 Å². The molecule has 2 aromatic heterocycles. The van der Waals surface area contributed by atoms with Crippen molar-refractivity contribution in [1.29, 1.82) is 5.26 Å². The van der Waals surface area contributed by atoms with Crippen molar-refractivity contribution in [3.63, 3.8) is 0 Å². The summed E-state index contributed by atoms with van der Waals surface area (Å²) in [5.74, 6) is -1.56. The van der Waals surface area contributed by atoms with Gasteiger partial charge in [0.2, 0.25) is 0 Å². The molecule has 0 unspecified atom stereocenters. The number of ether oxygens (including phenoxy) is 1. The fourth-order valence-electron chi connectivity index (χ4n) is 3.35. The summed E-state index contributed by atoms with van der Waals surface area (Å²) in [6.07, 6.45) is 0.0860. The quantitative estimate of drug-likeness (QED) is 0.374. The molecule has 0 N–H and O–H groups in total. The summed E-state index contributed by atoms with van der Waals surface area (Å²) >= 11 is 1.24. The molecule has 0 aliphatic heterocycles. The van der Waals surface area contributed by atoms with E-state index >= 15 is 0 Å². The number of amides is 1. The van der Waals surface area contributed by atoms with E-state index < -0.39 is 24.3 Å². The van der Waals surface area contributed by atoms with E-state index in [2.05, 4.69) is 5.10 Å². The first-order valence-electron chi connectivity index (χ1n) is 10.1. The second-order valence-corrected chi connectivity index (χ2v) is 8.20. The van der Waals surface area contributed by atoms with Crippen LogP contribution >= 0.6 is 11.3 Å². The van der Waals surface area contributed by atoms with E-state index in [1.807, 2.05) is 43.3 Å². The van der Waals surface area contributed by atoms with Crippen molar-refractivity contribution >= 4 is 39.1 Å². The number of rotatable bonds is 7. The molecule has 2 aromatic carbocycles. The molecular formula is C24H19FN4O3S. The van der Waals surface area contributed by atoms with Crippen molar-refractivity contribution in [2.75, 3.05) is 18.1 Å². The van der Waals surface area contributed by atoms with E-state index in [1.54, 1.807) is 10.7 Å². The zero-order valence-electron chi connectivity index (χ0n) is 17.7. The van der Waals surface area contributed by atoms with Crippen LogP contribution in [0.2, 0.25) is 0 Å². The van der Waals surface area contributed by atoms with Gasteiger partial charge in [-0.2, -0.15) is 10.4 Å². The van der Waals surface area contributed by atoms with E-state index in [4.69, 9.17) is 10.00 Å². The Morgan fingerprint density at radius 2 is 1.91 bits per heavy atom. The Hall–Kier alpha value is -4.03. The number of thiophene rings is 1. The van der Waals surface area contributed by atoms with Gasteiger partial charge < -0.3 is 9.64 Å². The molecule has 0 saturated carbocycles. The normalized spacial score (nSPS) is 10.7. The number of aryl methyl sites for hydroxylation is 1. The summed E-state index contributed by atoms with van der Waals surface area (Å²) < 4.78 is 20.3. The van der Waals surface area contributed by atoms with Gasteiger partial charge in [-0.25, -0.2) is 13.9 Å². The van der Waals surface area contributed by atoms with Crippen LogP contribution in [-0.2, 0) is 9.53 Å². The first-order valence-corrected chi connectivity index (χ1v) is 10.9. The van der Waals surface area contributed by atoms with Crippen molar-refractivity contribution in [1.82, 2.24) is 9.78 Å². The van der Waals surface area contributed by atoms with Gasteiger partial charge in [0.05, 0.1) is 23.9 Å². The van der Waals surface area contributed by atoms with Gasteiger partial charge in [0.15, 0.2) is 6.61 Å². The van der Waals surface area contributed by atoms with Crippen LogP contribution in [-0.4, -0.2) is 34.8 Å². The third-order valence-corrected chi connectivity index (χ3v) is 6.05. The molecule has 1 amide bonds. The van der Waals surface area contributed by atoms with Crippen molar-refractivity contribution in [3.05, 3.63) is 77.1 Å². The summed E-state index contributed by atoms with van der Waals surface area (Å²) in [4.78, 5) is 27.9. The van der Waals surface area contributed by atoms with Crippen LogP contribution < -0.4 is 4.90 Å². The molecule has 9 heteroatoms. The van der Waals surface area contributed by atoms with Crippen molar-refractivity contribution in [3.8, 4) is 11.8 Å². The minimum atomic E-state index is -0.622. The number of nitrogens with zero attached hydrogens (tertiary/aromatic N) is 4. The summed E-state index contributed by atoms with van der Waals surface area (Å²) in [5, 5.41) is 14.3. The maximum absolute atomic E-state index is 13.2. The molecule has 0 fully saturated rings. The predicted octanol–water partition coefficient (Wildman–Crippen LogP) is 4.64. The average molecular weight is 463 g/mol. The number of para-hydroxylation sites is 1. The third kappa shape index (κ3) is 4.76. The number of carbonyl (C=O) groups is 2. The van der Waals surface area contributed by atoms with Crippen LogP contribution in [0.4, 0.5) is 10.1 Å². The minimum Gasteiger partial charge on any atom is -0.451 e. The zero-order chi connectivity index (χ0) is 23.4. The Bertz CT molecular complexity index is 1340. The van der Waals surface area contributed by atoms with Crippen LogP contribution in [0.25, 0.3) is 15.9 Å². The molecule has 0 aliphatic carbocycles. The molecule has 33 heavy (non-hydrogen) atoms. The van der Waals surface area contributed by atoms with Gasteiger partial charge in [-0.15, -0.1) is 11.3 Å². The van der Waals surface area contributed by atoms with Gasteiger partial charge in [0.25, 0.3) is 5.91 Å². The standard InChI is InChI=1S/C24H19FN4O3S/c1-16-20-14-21(33-23(20)29(27-16)19-6-3-2-4-7-19)24(31)32-15-22(30)28(13-5-12-26)18-10-8-17(25)9-11-18/h2-4,6-11,14H,5,13,15H2,1H3. The van der Waals surface area contributed by atoms with Crippen LogP contribution in [0.1, 0.15) is 21.8 Å². The van der Waals surface area contributed by atoms with Crippen LogP contribution in [0.3, 0.4) is 0 Å². The topological polar surface area (TPSA) is 88.2 Å². The first-order chi connectivity index (χ1) is 16.0. The smallest absolute Gasteiger partial charge is 0.348 e. The molecule has 0 aliphatic rings. The number of hydrogen-bond acceptors (Lipinski definition) is 6. The number of benzene rings is 2. The maximum Gasteiger partial charge on any atom is 0.348 e. The summed E-state index contributed by atoms with van der Waals surface area (Å²) in [6, 6.07) is 18.6. The highest BCUT2D eigenvalue weighted by Gasteiger charge is 2.21. The van der Waals surface area contributed by atoms with Crippen molar-refractivity contribution in [2.45, 2.75) is 13.3 Å². The summed E-state index contributed by atoms with van der Waals surface area (Å²) in [5.41, 5.74) is 2.08. The minimum absolute atomic E-state index is 0.0860. The van der Waals surface area contributed by atoms with Crippen LogP contribution in [0.15, 0.2) is 60.7 Å². The predicted molar refractivity (Wildman–Crippen MR) is 123 cm³/mol. The fourth-order valence-corrected chi connectivity index (χ4v) is 4.43. The number of fused-ring (bicyclic) bond motifs is 1. The van der Waals surface area contributed by atoms with E-state index in [0.717, 1.165) is 21.6 Å². The third-order valence-electron chi connectivity index (χ3n) is 4.96. The number of nitriles is 1. The van der Waals surface area contributed by atoms with Gasteiger partial charge in [-0.05, 0) is 49.4 Å². The Kier molecular flexibility index (Phi) is 6.47. The second kappa shape index (κ2) is 9.63. The lowest BCUT2D eigenvalue weighted by Crippen LogP contribution is -2.35. The van der Waals surface area contributed by atoms with Gasteiger partial charge in [0.1, 0.15) is 15.5 Å². The van der Waals surface area contributed by atoms with E-state index in [9.17, 15) is 14.0 Å². The molecule has 166 valence electrons. The number of anilines is 1. The van der Waals surface area contributed by atoms with E-state index in [0.29, 0.717) is 10.6 Å². The van der Waals surface area contributed by atoms with Gasteiger partial charge in [-0.1, -0.05) is 18.2 Å². The van der Waals surface area contributed by atoms with Crippen LogP contribution in [0, 0.1) is 24.1 Å². The monoisotopic (exact) mass is 462 g/mol. The summed E-state index contributed by atoms with van der Waals surface area (Å²) in [6.45, 7) is 1.47. The largest absolute Gasteiger partial charge is 0.451 e. The molecule has 4 rings (SSSR count). The Labute approximate surface area is 193 Å². The lowest BCUT2D eigenvalue weighted by atomic mass is 10.2. The molecule has 7 nitrogen and oxygen atoms in total. The molecule has 2 heterocycles. The van der Waals surface area contributed by atoms with E-state index in [-0.39, 0.29) is 13.0 Å². The van der Waals surface area contributed by atoms with Gasteiger partial charge in [-0.3, -0.25) is 4.79 Å². The number of hydrogen-bond donors (Lipinski definition) is 0. The lowest BCUT2D eigenvalue weighted by molar-refractivity contribution is -0.121. The fraction of sp³-hybridized carbons (Fsp3) is 0.167. The molecule has 0 atom stereocenters. The molecule has 4 aromatic rings. The average Bonchev–Trinajstić information content (AvgIpc) is 3.40. The second-order valence-electron chi connectivity index (χ2n) is 7.17. The zero-order valence-corrected chi connectivity index (χ0v) is 18.5. The number of esters is 1. The summed E-state index contributed by atoms with van der Waals surface area (Å²) in [7, 11) is 0. The Morgan fingerprint density at radius 1 is 1.18 bits per heavy atom. The SMILES string of the molecule is Cc1nn(-c2ccccc2)c2sc(C(=O)OCC(=O)N(CCC#N)c3ccc(F)cc3)cc12. The highest BCUT2D eigenvalue weighted by atomic mass is 32.1. The molecule has 0 bridgehead atoms.